The fourth-order valence-corrected chi connectivity index (χ4v) is 2.55. The molecule has 3 heteroatoms. The van der Waals surface area contributed by atoms with Gasteiger partial charge < -0.3 is 5.11 Å². The zero-order valence-electron chi connectivity index (χ0n) is 9.81. The lowest BCUT2D eigenvalue weighted by atomic mass is 9.93. The number of aliphatic hydroxyl groups excluding tert-OH is 1. The van der Waals surface area contributed by atoms with Crippen molar-refractivity contribution in [2.24, 2.45) is 0 Å². The van der Waals surface area contributed by atoms with E-state index in [0.29, 0.717) is 0 Å². The van der Waals surface area contributed by atoms with Crippen molar-refractivity contribution in [1.29, 1.82) is 0 Å². The minimum absolute atomic E-state index is 0.165. The Hall–Kier alpha value is -0.390. The Kier molecular flexibility index (Phi) is 5.21. The topological polar surface area (TPSA) is 20.2 Å². The molecule has 0 bridgehead atoms. The summed E-state index contributed by atoms with van der Waals surface area (Å²) in [7, 11) is 0. The van der Waals surface area contributed by atoms with E-state index in [4.69, 9.17) is 0 Å². The van der Waals surface area contributed by atoms with Crippen molar-refractivity contribution in [3.63, 3.8) is 0 Å². The molecular weight excluding hydrogens is 403 g/mol. The molecule has 0 saturated heterocycles. The molecule has 0 spiro atoms. The molecule has 2 rings (SSSR count). The van der Waals surface area contributed by atoms with Gasteiger partial charge in [0.2, 0.25) is 0 Å². The first-order valence-electron chi connectivity index (χ1n) is 5.80. The van der Waals surface area contributed by atoms with Crippen molar-refractivity contribution in [3.05, 3.63) is 67.7 Å². The highest BCUT2D eigenvalue weighted by atomic mass is 127. The van der Waals surface area contributed by atoms with Crippen LogP contribution in [-0.4, -0.2) is 11.7 Å². The van der Waals surface area contributed by atoms with Crippen LogP contribution in [-0.2, 0) is 6.42 Å². The lowest BCUT2D eigenvalue weighted by Gasteiger charge is -2.15. The Morgan fingerprint density at radius 3 is 2.17 bits per heavy atom. The highest BCUT2D eigenvalue weighted by Crippen LogP contribution is 2.22. The molecule has 94 valence electrons. The maximum absolute atomic E-state index is 9.55. The van der Waals surface area contributed by atoms with Crippen LogP contribution in [0.5, 0.6) is 0 Å². The van der Waals surface area contributed by atoms with Crippen molar-refractivity contribution in [3.8, 4) is 0 Å². The van der Waals surface area contributed by atoms with Gasteiger partial charge in [-0.15, -0.1) is 0 Å². The van der Waals surface area contributed by atoms with Gasteiger partial charge in [-0.3, -0.25) is 0 Å². The number of benzene rings is 2. The minimum Gasteiger partial charge on any atom is -0.396 e. The third kappa shape index (κ3) is 3.80. The maximum Gasteiger partial charge on any atom is 0.0502 e. The molecule has 1 unspecified atom stereocenters. The molecule has 1 N–H and O–H groups in total. The molecule has 0 amide bonds. The highest BCUT2D eigenvalue weighted by Gasteiger charge is 2.11. The van der Waals surface area contributed by atoms with Crippen LogP contribution in [0.1, 0.15) is 17.0 Å². The molecule has 0 fully saturated rings. The van der Waals surface area contributed by atoms with Crippen LogP contribution in [0.2, 0.25) is 0 Å². The van der Waals surface area contributed by atoms with E-state index in [0.717, 1.165) is 10.9 Å². The van der Waals surface area contributed by atoms with Gasteiger partial charge in [0.15, 0.2) is 0 Å². The zero-order chi connectivity index (χ0) is 13.0. The molecule has 0 aliphatic carbocycles. The first-order chi connectivity index (χ1) is 8.69. The number of aliphatic hydroxyl groups is 1. The lowest BCUT2D eigenvalue weighted by molar-refractivity contribution is 0.264. The Balaban J connectivity index is 2.14. The fraction of sp³-hybridized carbons (Fsp3) is 0.200. The van der Waals surface area contributed by atoms with Crippen LogP contribution in [0.4, 0.5) is 0 Å². The SMILES string of the molecule is OCC(Cc1ccc(I)cc1)c1ccc(Br)cc1. The molecule has 0 heterocycles. The number of hydrogen-bond acceptors (Lipinski definition) is 1. The largest absolute Gasteiger partial charge is 0.396 e. The average Bonchev–Trinajstić information content (AvgIpc) is 2.39. The van der Waals surface area contributed by atoms with E-state index in [1.54, 1.807) is 0 Å². The van der Waals surface area contributed by atoms with Gasteiger partial charge in [0.05, 0.1) is 6.61 Å². The van der Waals surface area contributed by atoms with Gasteiger partial charge in [0.25, 0.3) is 0 Å². The minimum atomic E-state index is 0.165. The summed E-state index contributed by atoms with van der Waals surface area (Å²) in [5.74, 6) is 0.165. The molecular formula is C15H14BrIO. The monoisotopic (exact) mass is 416 g/mol. The summed E-state index contributed by atoms with van der Waals surface area (Å²) < 4.78 is 2.30. The molecule has 0 saturated carbocycles. The van der Waals surface area contributed by atoms with Crippen molar-refractivity contribution < 1.29 is 5.11 Å². The fourth-order valence-electron chi connectivity index (χ4n) is 1.93. The van der Waals surface area contributed by atoms with Crippen molar-refractivity contribution >= 4 is 38.5 Å². The summed E-state index contributed by atoms with van der Waals surface area (Å²) in [6, 6.07) is 16.6. The molecule has 2 aromatic carbocycles. The van der Waals surface area contributed by atoms with E-state index in [-0.39, 0.29) is 12.5 Å². The second-order valence-corrected chi connectivity index (χ2v) is 6.42. The van der Waals surface area contributed by atoms with Gasteiger partial charge in [0.1, 0.15) is 0 Å². The smallest absolute Gasteiger partial charge is 0.0502 e. The second-order valence-electron chi connectivity index (χ2n) is 4.26. The molecule has 1 atom stereocenters. The standard InChI is InChI=1S/C15H14BrIO/c16-14-5-3-12(4-6-14)13(10-18)9-11-1-7-15(17)8-2-11/h1-8,13,18H,9-10H2. The van der Waals surface area contributed by atoms with Crippen LogP contribution in [0.3, 0.4) is 0 Å². The van der Waals surface area contributed by atoms with Crippen LogP contribution in [0.15, 0.2) is 53.0 Å². The molecule has 0 aliphatic rings. The quantitative estimate of drug-likeness (QED) is 0.733. The van der Waals surface area contributed by atoms with Gasteiger partial charge in [-0.2, -0.15) is 0 Å². The molecule has 1 nitrogen and oxygen atoms in total. The summed E-state index contributed by atoms with van der Waals surface area (Å²) in [5, 5.41) is 9.55. The number of halogens is 2. The van der Waals surface area contributed by atoms with Gasteiger partial charge in [-0.05, 0) is 64.4 Å². The maximum atomic E-state index is 9.55. The summed E-state index contributed by atoms with van der Waals surface area (Å²) in [6.07, 6.45) is 0.870. The third-order valence-corrected chi connectivity index (χ3v) is 4.20. The van der Waals surface area contributed by atoms with Crippen molar-refractivity contribution in [2.75, 3.05) is 6.61 Å². The van der Waals surface area contributed by atoms with Crippen molar-refractivity contribution in [2.45, 2.75) is 12.3 Å². The van der Waals surface area contributed by atoms with Crippen LogP contribution in [0.25, 0.3) is 0 Å². The van der Waals surface area contributed by atoms with E-state index in [2.05, 4.69) is 74.9 Å². The molecule has 0 aliphatic heterocycles. The average molecular weight is 417 g/mol. The first kappa shape index (κ1) is 14.0. The second kappa shape index (κ2) is 6.68. The van der Waals surface area contributed by atoms with E-state index in [9.17, 15) is 5.11 Å². The van der Waals surface area contributed by atoms with Crippen LogP contribution in [0, 0.1) is 3.57 Å². The number of rotatable bonds is 4. The summed E-state index contributed by atoms with van der Waals surface area (Å²) in [5.41, 5.74) is 2.44. The Morgan fingerprint density at radius 2 is 1.61 bits per heavy atom. The van der Waals surface area contributed by atoms with Crippen molar-refractivity contribution in [1.82, 2.24) is 0 Å². The van der Waals surface area contributed by atoms with E-state index in [1.165, 1.54) is 14.7 Å². The Bertz CT molecular complexity index is 493. The Morgan fingerprint density at radius 1 is 1.00 bits per heavy atom. The van der Waals surface area contributed by atoms with Crippen LogP contribution < -0.4 is 0 Å². The van der Waals surface area contributed by atoms with Crippen LogP contribution >= 0.6 is 38.5 Å². The summed E-state index contributed by atoms with van der Waals surface area (Å²) >= 11 is 5.73. The highest BCUT2D eigenvalue weighted by molar-refractivity contribution is 14.1. The molecule has 0 aromatic heterocycles. The van der Waals surface area contributed by atoms with Gasteiger partial charge in [0, 0.05) is 14.0 Å². The third-order valence-electron chi connectivity index (χ3n) is 2.96. The predicted molar refractivity (Wildman–Crippen MR) is 86.8 cm³/mol. The normalized spacial score (nSPS) is 12.4. The van der Waals surface area contributed by atoms with E-state index < -0.39 is 0 Å². The lowest BCUT2D eigenvalue weighted by Crippen LogP contribution is -2.07. The van der Waals surface area contributed by atoms with Gasteiger partial charge in [-0.25, -0.2) is 0 Å². The molecule has 0 radical (unpaired) electrons. The van der Waals surface area contributed by atoms with Gasteiger partial charge >= 0.3 is 0 Å². The molecule has 18 heavy (non-hydrogen) atoms. The number of hydrogen-bond donors (Lipinski definition) is 1. The predicted octanol–water partition coefficient (Wildman–Crippen LogP) is 4.37. The summed E-state index contributed by atoms with van der Waals surface area (Å²) in [6.45, 7) is 0.174. The Labute approximate surface area is 130 Å². The summed E-state index contributed by atoms with van der Waals surface area (Å²) in [4.78, 5) is 0. The van der Waals surface area contributed by atoms with Gasteiger partial charge in [-0.1, -0.05) is 40.2 Å². The molecule has 2 aromatic rings. The first-order valence-corrected chi connectivity index (χ1v) is 7.67. The van der Waals surface area contributed by atoms with E-state index >= 15 is 0 Å². The zero-order valence-corrected chi connectivity index (χ0v) is 13.6. The van der Waals surface area contributed by atoms with E-state index in [1.807, 2.05) is 12.1 Å².